The van der Waals surface area contributed by atoms with E-state index in [2.05, 4.69) is 19.2 Å². The summed E-state index contributed by atoms with van der Waals surface area (Å²) in [5.41, 5.74) is 0. The molecule has 1 rings (SSSR count). The summed E-state index contributed by atoms with van der Waals surface area (Å²) < 4.78 is 5.12. The number of hydrogen-bond acceptors (Lipinski definition) is 3. The van der Waals surface area contributed by atoms with E-state index in [1.54, 1.807) is 0 Å². The zero-order valence-electron chi connectivity index (χ0n) is 10.8. The van der Waals surface area contributed by atoms with Gasteiger partial charge >= 0.3 is 5.97 Å². The minimum atomic E-state index is -0.111. The summed E-state index contributed by atoms with van der Waals surface area (Å²) >= 11 is 0. The predicted molar refractivity (Wildman–Crippen MR) is 65.2 cm³/mol. The second-order valence-corrected chi connectivity index (χ2v) is 4.85. The van der Waals surface area contributed by atoms with Crippen LogP contribution in [0.1, 0.15) is 46.5 Å². The Bertz CT molecular complexity index is 214. The van der Waals surface area contributed by atoms with Crippen molar-refractivity contribution >= 4 is 5.97 Å². The minimum Gasteiger partial charge on any atom is -0.465 e. The van der Waals surface area contributed by atoms with Crippen molar-refractivity contribution in [1.29, 1.82) is 0 Å². The summed E-state index contributed by atoms with van der Waals surface area (Å²) in [4.78, 5) is 11.8. The molecule has 3 nitrogen and oxygen atoms in total. The normalized spacial score (nSPS) is 19.2. The standard InChI is InChI=1S/C13H25NO2/c1-4-6-10(3)12(13(15)16-5-2)14-9-11-7-8-11/h10-12,14H,4-9H2,1-3H3. The molecule has 0 aliphatic heterocycles. The molecule has 1 saturated carbocycles. The minimum absolute atomic E-state index is 0.0795. The first-order chi connectivity index (χ1) is 7.69. The molecule has 0 amide bonds. The molecular weight excluding hydrogens is 202 g/mol. The molecule has 94 valence electrons. The lowest BCUT2D eigenvalue weighted by atomic mass is 9.97. The van der Waals surface area contributed by atoms with Crippen LogP contribution >= 0.6 is 0 Å². The molecule has 3 heteroatoms. The van der Waals surface area contributed by atoms with Gasteiger partial charge < -0.3 is 10.1 Å². The predicted octanol–water partition coefficient (Wildman–Crippen LogP) is 2.35. The Morgan fingerprint density at radius 3 is 2.62 bits per heavy atom. The SMILES string of the molecule is CCCC(C)C(NCC1CC1)C(=O)OCC. The molecule has 0 radical (unpaired) electrons. The molecule has 16 heavy (non-hydrogen) atoms. The second-order valence-electron chi connectivity index (χ2n) is 4.85. The number of ether oxygens (including phenoxy) is 1. The molecule has 1 N–H and O–H groups in total. The van der Waals surface area contributed by atoms with Crippen molar-refractivity contribution in [3.05, 3.63) is 0 Å². The number of rotatable bonds is 8. The van der Waals surface area contributed by atoms with Crippen molar-refractivity contribution in [2.24, 2.45) is 11.8 Å². The highest BCUT2D eigenvalue weighted by Crippen LogP contribution is 2.28. The second kappa shape index (κ2) is 6.89. The average Bonchev–Trinajstić information content (AvgIpc) is 3.02. The van der Waals surface area contributed by atoms with Crippen LogP contribution < -0.4 is 5.32 Å². The molecule has 0 saturated heterocycles. The monoisotopic (exact) mass is 227 g/mol. The molecule has 0 bridgehead atoms. The highest BCUT2D eigenvalue weighted by molar-refractivity contribution is 5.76. The molecule has 0 aromatic heterocycles. The fourth-order valence-electron chi connectivity index (χ4n) is 1.99. The van der Waals surface area contributed by atoms with Crippen molar-refractivity contribution < 1.29 is 9.53 Å². The van der Waals surface area contributed by atoms with Gasteiger partial charge in [-0.25, -0.2) is 0 Å². The Hall–Kier alpha value is -0.570. The highest BCUT2D eigenvalue weighted by atomic mass is 16.5. The van der Waals surface area contributed by atoms with Crippen LogP contribution in [-0.4, -0.2) is 25.2 Å². The fraction of sp³-hybridized carbons (Fsp3) is 0.923. The molecule has 1 aliphatic carbocycles. The molecule has 2 atom stereocenters. The van der Waals surface area contributed by atoms with Crippen LogP contribution in [0.4, 0.5) is 0 Å². The molecule has 0 heterocycles. The van der Waals surface area contributed by atoms with Gasteiger partial charge in [-0.05, 0) is 44.6 Å². The van der Waals surface area contributed by atoms with E-state index in [4.69, 9.17) is 4.74 Å². The van der Waals surface area contributed by atoms with Crippen LogP contribution in [0.25, 0.3) is 0 Å². The Morgan fingerprint density at radius 1 is 1.44 bits per heavy atom. The van der Waals surface area contributed by atoms with Crippen molar-refractivity contribution in [3.8, 4) is 0 Å². The Labute approximate surface area is 98.9 Å². The van der Waals surface area contributed by atoms with Crippen molar-refractivity contribution in [2.75, 3.05) is 13.2 Å². The summed E-state index contributed by atoms with van der Waals surface area (Å²) in [6, 6.07) is -0.111. The molecule has 0 aromatic rings. The van der Waals surface area contributed by atoms with E-state index in [-0.39, 0.29) is 12.0 Å². The lowest BCUT2D eigenvalue weighted by molar-refractivity contribution is -0.147. The zero-order chi connectivity index (χ0) is 12.0. The highest BCUT2D eigenvalue weighted by Gasteiger charge is 2.28. The molecule has 1 fully saturated rings. The first-order valence-corrected chi connectivity index (χ1v) is 6.59. The van der Waals surface area contributed by atoms with E-state index >= 15 is 0 Å². The zero-order valence-corrected chi connectivity index (χ0v) is 10.8. The number of carbonyl (C=O) groups excluding carboxylic acids is 1. The van der Waals surface area contributed by atoms with Crippen LogP contribution in [0.2, 0.25) is 0 Å². The summed E-state index contributed by atoms with van der Waals surface area (Å²) in [5.74, 6) is 1.08. The van der Waals surface area contributed by atoms with Gasteiger partial charge in [0.25, 0.3) is 0 Å². The maximum atomic E-state index is 11.8. The average molecular weight is 227 g/mol. The molecule has 0 spiro atoms. The van der Waals surface area contributed by atoms with E-state index in [1.807, 2.05) is 6.92 Å². The van der Waals surface area contributed by atoms with Gasteiger partial charge in [0.2, 0.25) is 0 Å². The summed E-state index contributed by atoms with van der Waals surface area (Å²) in [6.45, 7) is 7.59. The maximum absolute atomic E-state index is 11.8. The lowest BCUT2D eigenvalue weighted by Crippen LogP contribution is -2.43. The van der Waals surface area contributed by atoms with Gasteiger partial charge in [-0.3, -0.25) is 4.79 Å². The van der Waals surface area contributed by atoms with Crippen LogP contribution in [0.5, 0.6) is 0 Å². The first-order valence-electron chi connectivity index (χ1n) is 6.59. The quantitative estimate of drug-likeness (QED) is 0.647. The van der Waals surface area contributed by atoms with E-state index in [0.717, 1.165) is 25.3 Å². The fourth-order valence-corrected chi connectivity index (χ4v) is 1.99. The number of esters is 1. The van der Waals surface area contributed by atoms with Gasteiger partial charge in [0.1, 0.15) is 6.04 Å². The Balaban J connectivity index is 2.40. The van der Waals surface area contributed by atoms with Crippen LogP contribution in [0.3, 0.4) is 0 Å². The largest absolute Gasteiger partial charge is 0.465 e. The van der Waals surface area contributed by atoms with Crippen molar-refractivity contribution in [1.82, 2.24) is 5.32 Å². The third-order valence-electron chi connectivity index (χ3n) is 3.18. The van der Waals surface area contributed by atoms with E-state index in [0.29, 0.717) is 12.5 Å². The van der Waals surface area contributed by atoms with Crippen LogP contribution in [-0.2, 0) is 9.53 Å². The Morgan fingerprint density at radius 2 is 2.12 bits per heavy atom. The number of carbonyl (C=O) groups is 1. The summed E-state index contributed by atoms with van der Waals surface area (Å²) in [6.07, 6.45) is 4.80. The van der Waals surface area contributed by atoms with Gasteiger partial charge in [0, 0.05) is 0 Å². The smallest absolute Gasteiger partial charge is 0.323 e. The van der Waals surface area contributed by atoms with Gasteiger partial charge in [0.05, 0.1) is 6.61 Å². The van der Waals surface area contributed by atoms with Gasteiger partial charge in [-0.1, -0.05) is 20.3 Å². The summed E-state index contributed by atoms with van der Waals surface area (Å²) in [5, 5.41) is 3.38. The molecule has 0 aromatic carbocycles. The van der Waals surface area contributed by atoms with Crippen molar-refractivity contribution in [2.45, 2.75) is 52.5 Å². The van der Waals surface area contributed by atoms with E-state index in [9.17, 15) is 4.79 Å². The van der Waals surface area contributed by atoms with E-state index < -0.39 is 0 Å². The Kier molecular flexibility index (Phi) is 5.81. The van der Waals surface area contributed by atoms with Crippen molar-refractivity contribution in [3.63, 3.8) is 0 Å². The van der Waals surface area contributed by atoms with Gasteiger partial charge in [0.15, 0.2) is 0 Å². The molecular formula is C13H25NO2. The van der Waals surface area contributed by atoms with Gasteiger partial charge in [-0.15, -0.1) is 0 Å². The molecule has 1 aliphatic rings. The maximum Gasteiger partial charge on any atom is 0.323 e. The number of nitrogens with one attached hydrogen (secondary N) is 1. The van der Waals surface area contributed by atoms with Crippen LogP contribution in [0.15, 0.2) is 0 Å². The summed E-state index contributed by atoms with van der Waals surface area (Å²) in [7, 11) is 0. The topological polar surface area (TPSA) is 38.3 Å². The van der Waals surface area contributed by atoms with Crippen LogP contribution in [0, 0.1) is 11.8 Å². The third kappa shape index (κ3) is 4.52. The lowest BCUT2D eigenvalue weighted by Gasteiger charge is -2.23. The third-order valence-corrected chi connectivity index (χ3v) is 3.18. The number of hydrogen-bond donors (Lipinski definition) is 1. The first kappa shape index (κ1) is 13.5. The molecule has 2 unspecified atom stereocenters. The van der Waals surface area contributed by atoms with Gasteiger partial charge in [-0.2, -0.15) is 0 Å². The van der Waals surface area contributed by atoms with E-state index in [1.165, 1.54) is 12.8 Å².